The van der Waals surface area contributed by atoms with Gasteiger partial charge in [0.2, 0.25) is 0 Å². The third-order valence-electron chi connectivity index (χ3n) is 2.28. The van der Waals surface area contributed by atoms with E-state index in [1.165, 1.54) is 0 Å². The fourth-order valence-corrected chi connectivity index (χ4v) is 1.22. The van der Waals surface area contributed by atoms with E-state index in [-0.39, 0.29) is 23.7 Å². The van der Waals surface area contributed by atoms with Gasteiger partial charge in [0.1, 0.15) is 6.10 Å². The van der Waals surface area contributed by atoms with Gasteiger partial charge in [-0.2, -0.15) is 4.98 Å². The minimum Gasteiger partial charge on any atom is -0.383 e. The fourth-order valence-electron chi connectivity index (χ4n) is 1.22. The molecule has 1 amide bonds. The maximum absolute atomic E-state index is 11.5. The monoisotopic (exact) mass is 226 g/mol. The van der Waals surface area contributed by atoms with Gasteiger partial charge in [-0.25, -0.2) is 0 Å². The Morgan fingerprint density at radius 1 is 1.69 bits per heavy atom. The first kappa shape index (κ1) is 11.0. The minimum absolute atomic E-state index is 0.0337. The Bertz CT molecular complexity index is 375. The van der Waals surface area contributed by atoms with Crippen LogP contribution in [0.25, 0.3) is 0 Å². The van der Waals surface area contributed by atoms with Crippen LogP contribution in [0.5, 0.6) is 0 Å². The van der Waals surface area contributed by atoms with E-state index in [4.69, 9.17) is 10.3 Å². The summed E-state index contributed by atoms with van der Waals surface area (Å²) < 4.78 is 4.77. The number of carbonyl (C=O) groups is 1. The van der Waals surface area contributed by atoms with Crippen LogP contribution in [-0.4, -0.2) is 33.7 Å². The molecule has 1 aromatic rings. The molecule has 1 unspecified atom stereocenters. The molecule has 16 heavy (non-hydrogen) atoms. The Morgan fingerprint density at radius 3 is 3.06 bits per heavy atom. The van der Waals surface area contributed by atoms with Gasteiger partial charge >= 0.3 is 0 Å². The van der Waals surface area contributed by atoms with Crippen LogP contribution >= 0.6 is 0 Å². The molecule has 0 spiro atoms. The van der Waals surface area contributed by atoms with Gasteiger partial charge in [0.15, 0.2) is 0 Å². The summed E-state index contributed by atoms with van der Waals surface area (Å²) >= 11 is 0. The number of nitrogens with zero attached hydrogens (tertiary/aromatic N) is 2. The second kappa shape index (κ2) is 4.58. The molecule has 1 heterocycles. The second-order valence-corrected chi connectivity index (χ2v) is 3.80. The summed E-state index contributed by atoms with van der Waals surface area (Å²) in [5.41, 5.74) is 5.28. The molecule has 1 fully saturated rings. The summed E-state index contributed by atoms with van der Waals surface area (Å²) in [4.78, 5) is 15.3. The maximum Gasteiger partial charge on any atom is 0.292 e. The Balaban J connectivity index is 1.97. The van der Waals surface area contributed by atoms with Gasteiger partial charge in [0.25, 0.3) is 17.6 Å². The molecule has 0 saturated heterocycles. The molecule has 0 aliphatic heterocycles. The van der Waals surface area contributed by atoms with Crippen LogP contribution in [0, 0.1) is 0 Å². The van der Waals surface area contributed by atoms with Crippen molar-refractivity contribution < 1.29 is 14.4 Å². The summed E-state index contributed by atoms with van der Waals surface area (Å²) in [7, 11) is 0. The molecule has 1 aromatic heterocycles. The van der Waals surface area contributed by atoms with Crippen molar-refractivity contribution in [1.29, 1.82) is 0 Å². The van der Waals surface area contributed by atoms with Gasteiger partial charge in [-0.15, -0.1) is 0 Å². The number of nitrogens with one attached hydrogen (secondary N) is 1. The van der Waals surface area contributed by atoms with Crippen molar-refractivity contribution in [2.75, 3.05) is 6.54 Å². The van der Waals surface area contributed by atoms with Crippen LogP contribution < -0.4 is 11.1 Å². The summed E-state index contributed by atoms with van der Waals surface area (Å²) in [6.07, 6.45) is 1.41. The van der Waals surface area contributed by atoms with E-state index in [1.807, 2.05) is 0 Å². The van der Waals surface area contributed by atoms with Gasteiger partial charge in [-0.05, 0) is 25.8 Å². The topological polar surface area (TPSA) is 114 Å². The lowest BCUT2D eigenvalue weighted by molar-refractivity contribution is 0.0937. The summed E-state index contributed by atoms with van der Waals surface area (Å²) in [5, 5.41) is 15.7. The molecule has 88 valence electrons. The Hall–Kier alpha value is -1.47. The van der Waals surface area contributed by atoms with Crippen molar-refractivity contribution in [2.45, 2.75) is 31.4 Å². The number of hydrogen-bond donors (Lipinski definition) is 3. The van der Waals surface area contributed by atoms with Gasteiger partial charge in [0, 0.05) is 6.04 Å². The number of aliphatic hydroxyl groups is 1. The van der Waals surface area contributed by atoms with E-state index < -0.39 is 6.10 Å². The third kappa shape index (κ3) is 2.56. The van der Waals surface area contributed by atoms with Crippen LogP contribution in [0.4, 0.5) is 0 Å². The molecule has 7 nitrogen and oxygen atoms in total. The maximum atomic E-state index is 11.5. The lowest BCUT2D eigenvalue weighted by Crippen LogP contribution is -2.26. The second-order valence-electron chi connectivity index (χ2n) is 3.80. The summed E-state index contributed by atoms with van der Waals surface area (Å²) in [6.45, 7) is 0.313. The van der Waals surface area contributed by atoms with E-state index in [9.17, 15) is 9.90 Å². The quantitative estimate of drug-likeness (QED) is 0.614. The van der Waals surface area contributed by atoms with E-state index in [2.05, 4.69) is 15.5 Å². The predicted molar refractivity (Wildman–Crippen MR) is 53.4 cm³/mol. The Labute approximate surface area is 92.0 Å². The number of rotatable bonds is 5. The van der Waals surface area contributed by atoms with E-state index in [0.29, 0.717) is 13.0 Å². The highest BCUT2D eigenvalue weighted by Gasteiger charge is 2.26. The van der Waals surface area contributed by atoms with E-state index in [1.54, 1.807) is 0 Å². The number of hydrogen-bond acceptors (Lipinski definition) is 6. The Morgan fingerprint density at radius 2 is 2.44 bits per heavy atom. The zero-order chi connectivity index (χ0) is 11.5. The molecule has 4 N–H and O–H groups in total. The molecular formula is C9H14N4O3. The molecule has 1 aliphatic rings. The minimum atomic E-state index is -0.903. The van der Waals surface area contributed by atoms with Crippen molar-refractivity contribution in [3.05, 3.63) is 11.7 Å². The first-order valence-corrected chi connectivity index (χ1v) is 5.23. The fraction of sp³-hybridized carbons (Fsp3) is 0.667. The zero-order valence-corrected chi connectivity index (χ0v) is 8.72. The number of aromatic nitrogens is 2. The number of amides is 1. The van der Waals surface area contributed by atoms with Crippen LogP contribution in [0.2, 0.25) is 0 Å². The predicted octanol–water partition coefficient (Wildman–Crippen LogP) is -0.656. The van der Waals surface area contributed by atoms with Crippen LogP contribution in [0.1, 0.15) is 41.9 Å². The average Bonchev–Trinajstić information content (AvgIpc) is 2.93. The first-order valence-electron chi connectivity index (χ1n) is 5.23. The highest BCUT2D eigenvalue weighted by atomic mass is 16.5. The third-order valence-corrected chi connectivity index (χ3v) is 2.28. The molecule has 0 radical (unpaired) electrons. The van der Waals surface area contributed by atoms with Gasteiger partial charge in [-0.1, -0.05) is 5.16 Å². The molecule has 2 rings (SSSR count). The van der Waals surface area contributed by atoms with Gasteiger partial charge in [-0.3, -0.25) is 4.79 Å². The molecule has 1 aliphatic carbocycles. The summed E-state index contributed by atoms with van der Waals surface area (Å²) in [5.74, 6) is -0.373. The standard InChI is InChI=1S/C9H14N4O3/c10-4-3-6(14)9-12-7(13-16-9)8(15)11-5-1-2-5/h5-6,14H,1-4,10H2,(H,11,15). The Kier molecular flexibility index (Phi) is 3.16. The smallest absolute Gasteiger partial charge is 0.292 e. The molecule has 7 heteroatoms. The van der Waals surface area contributed by atoms with Crippen molar-refractivity contribution in [1.82, 2.24) is 15.5 Å². The summed E-state index contributed by atoms with van der Waals surface area (Å²) in [6, 6.07) is 0.239. The largest absolute Gasteiger partial charge is 0.383 e. The SMILES string of the molecule is NCCC(O)c1nc(C(=O)NC2CC2)no1. The normalized spacial score (nSPS) is 17.1. The van der Waals surface area contributed by atoms with Crippen molar-refractivity contribution in [2.24, 2.45) is 5.73 Å². The van der Waals surface area contributed by atoms with Gasteiger partial charge in [0.05, 0.1) is 0 Å². The van der Waals surface area contributed by atoms with Crippen LogP contribution in [-0.2, 0) is 0 Å². The average molecular weight is 226 g/mol. The molecule has 0 bridgehead atoms. The molecule has 1 atom stereocenters. The number of carbonyl (C=O) groups excluding carboxylic acids is 1. The highest BCUT2D eigenvalue weighted by molar-refractivity contribution is 5.90. The molecule has 1 saturated carbocycles. The van der Waals surface area contributed by atoms with E-state index in [0.717, 1.165) is 12.8 Å². The van der Waals surface area contributed by atoms with Crippen molar-refractivity contribution in [3.63, 3.8) is 0 Å². The zero-order valence-electron chi connectivity index (χ0n) is 8.72. The highest BCUT2D eigenvalue weighted by Crippen LogP contribution is 2.19. The lowest BCUT2D eigenvalue weighted by Gasteiger charge is -2.01. The van der Waals surface area contributed by atoms with Gasteiger partial charge < -0.3 is 20.7 Å². The van der Waals surface area contributed by atoms with Crippen molar-refractivity contribution >= 4 is 5.91 Å². The van der Waals surface area contributed by atoms with Crippen LogP contribution in [0.15, 0.2) is 4.52 Å². The van der Waals surface area contributed by atoms with Crippen molar-refractivity contribution in [3.8, 4) is 0 Å². The molecular weight excluding hydrogens is 212 g/mol. The van der Waals surface area contributed by atoms with E-state index >= 15 is 0 Å². The first-order chi connectivity index (χ1) is 7.70. The number of nitrogens with two attached hydrogens (primary N) is 1. The van der Waals surface area contributed by atoms with Crippen LogP contribution in [0.3, 0.4) is 0 Å². The lowest BCUT2D eigenvalue weighted by atomic mass is 10.2. The number of aliphatic hydroxyl groups excluding tert-OH is 1. The molecule has 0 aromatic carbocycles.